The Morgan fingerprint density at radius 2 is 1.88 bits per heavy atom. The van der Waals surface area contributed by atoms with E-state index in [0.717, 1.165) is 12.1 Å². The Balaban J connectivity index is 1.62. The molecule has 0 bridgehead atoms. The molecule has 2 N–H and O–H groups in total. The van der Waals surface area contributed by atoms with Gasteiger partial charge < -0.3 is 15.4 Å². The Kier molecular flexibility index (Phi) is 4.59. The third-order valence-corrected chi connectivity index (χ3v) is 3.95. The van der Waals surface area contributed by atoms with E-state index in [9.17, 15) is 13.6 Å². The summed E-state index contributed by atoms with van der Waals surface area (Å²) >= 11 is 0. The van der Waals surface area contributed by atoms with Crippen LogP contribution in [0, 0.1) is 11.6 Å². The fraction of sp³-hybridized carbons (Fsp3) is 0.294. The van der Waals surface area contributed by atoms with Gasteiger partial charge >= 0.3 is 0 Å². The normalized spacial score (nSPS) is 15.3. The van der Waals surface area contributed by atoms with Crippen LogP contribution in [0.5, 0.6) is 5.88 Å². The highest BCUT2D eigenvalue weighted by atomic mass is 19.1. The number of amides is 1. The van der Waals surface area contributed by atoms with Crippen molar-refractivity contribution in [3.63, 3.8) is 0 Å². The van der Waals surface area contributed by atoms with Gasteiger partial charge in [-0.3, -0.25) is 4.79 Å². The molecule has 1 aliphatic heterocycles. The van der Waals surface area contributed by atoms with E-state index in [4.69, 9.17) is 10.5 Å². The van der Waals surface area contributed by atoms with Crippen molar-refractivity contribution in [2.75, 3.05) is 18.8 Å². The Bertz CT molecular complexity index is 726. The zero-order valence-electron chi connectivity index (χ0n) is 12.9. The number of benzene rings is 1. The van der Waals surface area contributed by atoms with Gasteiger partial charge in [0.2, 0.25) is 5.88 Å². The number of piperidine rings is 1. The topological polar surface area (TPSA) is 68.5 Å². The number of likely N-dealkylation sites (tertiary alicyclic amines) is 1. The zero-order chi connectivity index (χ0) is 17.1. The first-order valence-electron chi connectivity index (χ1n) is 7.66. The second kappa shape index (κ2) is 6.82. The van der Waals surface area contributed by atoms with Gasteiger partial charge in [0.15, 0.2) is 0 Å². The van der Waals surface area contributed by atoms with E-state index < -0.39 is 23.1 Å². The van der Waals surface area contributed by atoms with E-state index >= 15 is 0 Å². The number of carbonyl (C=O) groups excluding carboxylic acids is 1. The van der Waals surface area contributed by atoms with Gasteiger partial charge in [-0.25, -0.2) is 13.8 Å². The number of hydrogen-bond donors (Lipinski definition) is 1. The summed E-state index contributed by atoms with van der Waals surface area (Å²) in [4.78, 5) is 17.8. The molecular formula is C17H17F2N3O2. The summed E-state index contributed by atoms with van der Waals surface area (Å²) in [6.07, 6.45) is 2.55. The Morgan fingerprint density at radius 1 is 1.21 bits per heavy atom. The fourth-order valence-corrected chi connectivity index (χ4v) is 2.70. The maximum Gasteiger partial charge on any atom is 0.259 e. The Labute approximate surface area is 138 Å². The van der Waals surface area contributed by atoms with Crippen molar-refractivity contribution >= 4 is 11.6 Å². The lowest BCUT2D eigenvalue weighted by atomic mass is 10.1. The smallest absolute Gasteiger partial charge is 0.259 e. The molecule has 24 heavy (non-hydrogen) atoms. The van der Waals surface area contributed by atoms with Crippen molar-refractivity contribution in [1.29, 1.82) is 0 Å². The molecule has 2 aromatic rings. The highest BCUT2D eigenvalue weighted by Gasteiger charge is 2.28. The van der Waals surface area contributed by atoms with E-state index in [1.54, 1.807) is 18.3 Å². The van der Waals surface area contributed by atoms with Gasteiger partial charge in [0.1, 0.15) is 23.3 Å². The van der Waals surface area contributed by atoms with Crippen molar-refractivity contribution in [3.8, 4) is 5.88 Å². The summed E-state index contributed by atoms with van der Waals surface area (Å²) in [5.41, 5.74) is 5.73. The quantitative estimate of drug-likeness (QED) is 0.937. The number of rotatable bonds is 3. The van der Waals surface area contributed by atoms with Crippen LogP contribution in [0.4, 0.5) is 14.5 Å². The van der Waals surface area contributed by atoms with Crippen molar-refractivity contribution in [1.82, 2.24) is 9.88 Å². The number of nitrogen functional groups attached to an aromatic ring is 1. The molecule has 1 aliphatic rings. The van der Waals surface area contributed by atoms with E-state index in [2.05, 4.69) is 4.98 Å². The molecular weight excluding hydrogens is 316 g/mol. The summed E-state index contributed by atoms with van der Waals surface area (Å²) in [6, 6.07) is 6.69. The van der Waals surface area contributed by atoms with E-state index in [1.807, 2.05) is 0 Å². The van der Waals surface area contributed by atoms with Gasteiger partial charge in [0, 0.05) is 43.9 Å². The van der Waals surface area contributed by atoms with Crippen LogP contribution in [-0.4, -0.2) is 35.0 Å². The molecule has 1 saturated heterocycles. The number of nitrogens with two attached hydrogens (primary N) is 1. The summed E-state index contributed by atoms with van der Waals surface area (Å²) < 4.78 is 33.2. The summed E-state index contributed by atoms with van der Waals surface area (Å²) in [5, 5.41) is 0. The third kappa shape index (κ3) is 3.45. The van der Waals surface area contributed by atoms with E-state index in [-0.39, 0.29) is 6.10 Å². The monoisotopic (exact) mass is 333 g/mol. The van der Waals surface area contributed by atoms with Crippen LogP contribution in [0.25, 0.3) is 0 Å². The molecule has 0 aliphatic carbocycles. The number of halogens is 2. The van der Waals surface area contributed by atoms with Gasteiger partial charge in [0.05, 0.1) is 0 Å². The maximum atomic E-state index is 13.7. The van der Waals surface area contributed by atoms with Gasteiger partial charge in [-0.1, -0.05) is 6.07 Å². The van der Waals surface area contributed by atoms with Crippen LogP contribution in [0.3, 0.4) is 0 Å². The summed E-state index contributed by atoms with van der Waals surface area (Å²) in [5.74, 6) is -1.89. The predicted molar refractivity (Wildman–Crippen MR) is 84.6 cm³/mol. The van der Waals surface area contributed by atoms with Crippen molar-refractivity contribution in [3.05, 3.63) is 53.7 Å². The SMILES string of the molecule is Nc1ccnc(OC2CCN(C(=O)c3c(F)cccc3F)CC2)c1. The first-order chi connectivity index (χ1) is 11.5. The molecule has 1 aromatic heterocycles. The number of anilines is 1. The first-order valence-corrected chi connectivity index (χ1v) is 7.66. The van der Waals surface area contributed by atoms with Crippen molar-refractivity contribution in [2.45, 2.75) is 18.9 Å². The molecule has 0 atom stereocenters. The molecule has 1 aromatic carbocycles. The van der Waals surface area contributed by atoms with E-state index in [1.165, 1.54) is 11.0 Å². The molecule has 3 rings (SSSR count). The van der Waals surface area contributed by atoms with Crippen molar-refractivity contribution in [2.24, 2.45) is 0 Å². The lowest BCUT2D eigenvalue weighted by Crippen LogP contribution is -2.42. The molecule has 1 amide bonds. The summed E-state index contributed by atoms with van der Waals surface area (Å²) in [7, 11) is 0. The second-order valence-corrected chi connectivity index (χ2v) is 5.63. The standard InChI is InChI=1S/C17H17F2N3O2/c18-13-2-1-3-14(19)16(13)17(23)22-8-5-12(6-9-22)24-15-10-11(20)4-7-21-15/h1-4,7,10,12H,5-6,8-9H2,(H2,20,21). The molecule has 2 heterocycles. The number of aromatic nitrogens is 1. The molecule has 126 valence electrons. The van der Waals surface area contributed by atoms with Crippen LogP contribution >= 0.6 is 0 Å². The van der Waals surface area contributed by atoms with Gasteiger partial charge in [0.25, 0.3) is 5.91 Å². The van der Waals surface area contributed by atoms with Gasteiger partial charge in [-0.05, 0) is 18.2 Å². The minimum absolute atomic E-state index is 0.117. The van der Waals surface area contributed by atoms with Gasteiger partial charge in [-0.15, -0.1) is 0 Å². The fourth-order valence-electron chi connectivity index (χ4n) is 2.70. The molecule has 0 unspecified atom stereocenters. The molecule has 0 spiro atoms. The number of pyridine rings is 1. The number of ether oxygens (including phenoxy) is 1. The van der Waals surface area contributed by atoms with Crippen LogP contribution in [-0.2, 0) is 0 Å². The second-order valence-electron chi connectivity index (χ2n) is 5.63. The molecule has 0 radical (unpaired) electrons. The van der Waals surface area contributed by atoms with Crippen LogP contribution in [0.15, 0.2) is 36.5 Å². The molecule has 7 heteroatoms. The Hall–Kier alpha value is -2.70. The van der Waals surface area contributed by atoms with Crippen molar-refractivity contribution < 1.29 is 18.3 Å². The lowest BCUT2D eigenvalue weighted by molar-refractivity contribution is 0.0579. The van der Waals surface area contributed by atoms with Crippen LogP contribution < -0.4 is 10.5 Å². The number of hydrogen-bond acceptors (Lipinski definition) is 4. The minimum Gasteiger partial charge on any atom is -0.474 e. The predicted octanol–water partition coefficient (Wildman–Crippen LogP) is 2.63. The highest BCUT2D eigenvalue weighted by Crippen LogP contribution is 2.21. The molecule has 0 saturated carbocycles. The average molecular weight is 333 g/mol. The van der Waals surface area contributed by atoms with Gasteiger partial charge in [-0.2, -0.15) is 0 Å². The number of nitrogens with zero attached hydrogens (tertiary/aromatic N) is 2. The Morgan fingerprint density at radius 3 is 2.50 bits per heavy atom. The molecule has 5 nitrogen and oxygen atoms in total. The third-order valence-electron chi connectivity index (χ3n) is 3.95. The average Bonchev–Trinajstić information content (AvgIpc) is 2.55. The first kappa shape index (κ1) is 16.2. The highest BCUT2D eigenvalue weighted by molar-refractivity contribution is 5.94. The minimum atomic E-state index is -0.845. The lowest BCUT2D eigenvalue weighted by Gasteiger charge is -2.32. The van der Waals surface area contributed by atoms with Crippen LogP contribution in [0.1, 0.15) is 23.2 Å². The largest absolute Gasteiger partial charge is 0.474 e. The number of carbonyl (C=O) groups is 1. The van der Waals surface area contributed by atoms with Crippen LogP contribution in [0.2, 0.25) is 0 Å². The molecule has 1 fully saturated rings. The van der Waals surface area contributed by atoms with E-state index in [0.29, 0.717) is 37.5 Å². The summed E-state index contributed by atoms with van der Waals surface area (Å²) in [6.45, 7) is 0.721. The zero-order valence-corrected chi connectivity index (χ0v) is 12.9. The maximum absolute atomic E-state index is 13.7.